The Balaban J connectivity index is 1.24. The zero-order chi connectivity index (χ0) is 17.9. The molecule has 5 nitrogen and oxygen atoms in total. The first-order chi connectivity index (χ1) is 12.7. The number of rotatable bonds is 4. The van der Waals surface area contributed by atoms with Gasteiger partial charge in [-0.15, -0.1) is 0 Å². The molecule has 0 saturated carbocycles. The number of nitrogens with zero attached hydrogens (tertiary/aromatic N) is 2. The van der Waals surface area contributed by atoms with E-state index in [0.717, 1.165) is 39.0 Å². The van der Waals surface area contributed by atoms with Crippen LogP contribution in [0.1, 0.15) is 12.8 Å². The van der Waals surface area contributed by atoms with Crippen molar-refractivity contribution in [3.8, 4) is 11.5 Å². The van der Waals surface area contributed by atoms with Crippen LogP contribution in [-0.2, 0) is 0 Å². The van der Waals surface area contributed by atoms with E-state index in [9.17, 15) is 4.39 Å². The number of ether oxygens (including phenoxy) is 2. The fourth-order valence-corrected chi connectivity index (χ4v) is 3.85. The van der Waals surface area contributed by atoms with Gasteiger partial charge in [0.15, 0.2) is 11.5 Å². The van der Waals surface area contributed by atoms with Crippen molar-refractivity contribution in [3.05, 3.63) is 48.4 Å². The highest BCUT2D eigenvalue weighted by Gasteiger charge is 2.27. The Labute approximate surface area is 153 Å². The molecule has 3 aliphatic heterocycles. The van der Waals surface area contributed by atoms with E-state index in [1.54, 1.807) is 6.07 Å². The molecule has 1 aromatic rings. The molecule has 3 heterocycles. The molecule has 2 N–H and O–H groups in total. The molecule has 0 aromatic heterocycles. The number of halogens is 1. The number of fused-ring (bicyclic) bond motifs is 1. The highest BCUT2D eigenvalue weighted by atomic mass is 19.1. The van der Waals surface area contributed by atoms with E-state index in [2.05, 4.69) is 16.0 Å². The monoisotopic (exact) mass is 359 g/mol. The van der Waals surface area contributed by atoms with Crippen LogP contribution >= 0.6 is 0 Å². The molecule has 2 unspecified atom stereocenters. The van der Waals surface area contributed by atoms with E-state index in [1.807, 2.05) is 18.2 Å². The Hall–Kier alpha value is -2.05. The molecule has 3 aliphatic rings. The Kier molecular flexibility index (Phi) is 5.13. The summed E-state index contributed by atoms with van der Waals surface area (Å²) in [7, 11) is 0. The maximum atomic E-state index is 13.4. The second-order valence-electron chi connectivity index (χ2n) is 7.30. The predicted octanol–water partition coefficient (Wildman–Crippen LogP) is 2.35. The maximum absolute atomic E-state index is 13.4. The van der Waals surface area contributed by atoms with Crippen molar-refractivity contribution in [1.29, 1.82) is 0 Å². The molecule has 26 heavy (non-hydrogen) atoms. The summed E-state index contributed by atoms with van der Waals surface area (Å²) in [6.45, 7) is 4.42. The number of nitrogens with two attached hydrogens (primary N) is 1. The maximum Gasteiger partial charge on any atom is 0.164 e. The summed E-state index contributed by atoms with van der Waals surface area (Å²) in [6.07, 6.45) is 10.4. The molecule has 0 spiro atoms. The smallest absolute Gasteiger partial charge is 0.164 e. The van der Waals surface area contributed by atoms with Crippen LogP contribution in [0.5, 0.6) is 11.5 Å². The van der Waals surface area contributed by atoms with Gasteiger partial charge in [-0.25, -0.2) is 4.39 Å². The molecule has 0 aliphatic carbocycles. The lowest BCUT2D eigenvalue weighted by atomic mass is 9.95. The van der Waals surface area contributed by atoms with Gasteiger partial charge < -0.3 is 20.1 Å². The lowest BCUT2D eigenvalue weighted by molar-refractivity contribution is 0.0451. The summed E-state index contributed by atoms with van der Waals surface area (Å²) >= 11 is 0. The predicted molar refractivity (Wildman–Crippen MR) is 98.4 cm³/mol. The Bertz CT molecular complexity index is 686. The van der Waals surface area contributed by atoms with E-state index in [-0.39, 0.29) is 18.1 Å². The molecule has 1 fully saturated rings. The average molecular weight is 359 g/mol. The van der Waals surface area contributed by atoms with Gasteiger partial charge in [0.05, 0.1) is 6.17 Å². The van der Waals surface area contributed by atoms with Crippen LogP contribution in [0.25, 0.3) is 0 Å². The van der Waals surface area contributed by atoms with Crippen molar-refractivity contribution in [1.82, 2.24) is 9.80 Å². The van der Waals surface area contributed by atoms with Crippen LogP contribution in [0.3, 0.4) is 0 Å². The Morgan fingerprint density at radius 2 is 1.96 bits per heavy atom. The standard InChI is InChI=1S/C20H26FN3O2/c21-16-4-5-18-19(11-16)26-17(14-25-18)13-23-9-6-15(7-10-23)12-24-8-2-1-3-20(24)22/h1-5,8,11,15,17,20H,6-7,9-10,12-14,22H2. The van der Waals surface area contributed by atoms with Crippen molar-refractivity contribution in [3.63, 3.8) is 0 Å². The Morgan fingerprint density at radius 3 is 2.77 bits per heavy atom. The van der Waals surface area contributed by atoms with Crippen LogP contribution in [0, 0.1) is 11.7 Å². The van der Waals surface area contributed by atoms with E-state index in [0.29, 0.717) is 24.0 Å². The van der Waals surface area contributed by atoms with Gasteiger partial charge >= 0.3 is 0 Å². The van der Waals surface area contributed by atoms with E-state index in [4.69, 9.17) is 15.2 Å². The second-order valence-corrected chi connectivity index (χ2v) is 7.30. The molecule has 0 radical (unpaired) electrons. The minimum Gasteiger partial charge on any atom is -0.486 e. The molecule has 140 valence electrons. The number of hydrogen-bond donors (Lipinski definition) is 1. The van der Waals surface area contributed by atoms with E-state index < -0.39 is 0 Å². The summed E-state index contributed by atoms with van der Waals surface area (Å²) in [5.41, 5.74) is 6.12. The lowest BCUT2D eigenvalue weighted by Gasteiger charge is -2.38. The summed E-state index contributed by atoms with van der Waals surface area (Å²) in [5, 5.41) is 0. The molecule has 1 aromatic carbocycles. The number of piperidine rings is 1. The third-order valence-corrected chi connectivity index (χ3v) is 5.34. The van der Waals surface area contributed by atoms with Gasteiger partial charge in [0.2, 0.25) is 0 Å². The molecular weight excluding hydrogens is 333 g/mol. The van der Waals surface area contributed by atoms with Crippen molar-refractivity contribution >= 4 is 0 Å². The van der Waals surface area contributed by atoms with Gasteiger partial charge in [-0.2, -0.15) is 0 Å². The normalized spacial score (nSPS) is 26.3. The van der Waals surface area contributed by atoms with Crippen LogP contribution < -0.4 is 15.2 Å². The molecule has 2 atom stereocenters. The van der Waals surface area contributed by atoms with Crippen molar-refractivity contribution in [2.24, 2.45) is 11.7 Å². The van der Waals surface area contributed by atoms with Crippen LogP contribution in [0.2, 0.25) is 0 Å². The number of allylic oxidation sites excluding steroid dienone is 2. The lowest BCUT2D eigenvalue weighted by Crippen LogP contribution is -2.46. The molecule has 4 rings (SSSR count). The first-order valence-corrected chi connectivity index (χ1v) is 9.35. The minimum absolute atomic E-state index is 0.00807. The van der Waals surface area contributed by atoms with Crippen LogP contribution in [0.4, 0.5) is 4.39 Å². The summed E-state index contributed by atoms with van der Waals surface area (Å²) in [6, 6.07) is 4.42. The third-order valence-electron chi connectivity index (χ3n) is 5.34. The van der Waals surface area contributed by atoms with Crippen molar-refractivity contribution < 1.29 is 13.9 Å². The molecule has 0 bridgehead atoms. The topological polar surface area (TPSA) is 51.0 Å². The fraction of sp³-hybridized carbons (Fsp3) is 0.500. The summed E-state index contributed by atoms with van der Waals surface area (Å²) in [5.74, 6) is 1.50. The highest BCUT2D eigenvalue weighted by molar-refractivity contribution is 5.41. The van der Waals surface area contributed by atoms with Gasteiger partial charge in [0.1, 0.15) is 18.5 Å². The average Bonchev–Trinajstić information content (AvgIpc) is 2.65. The van der Waals surface area contributed by atoms with Crippen molar-refractivity contribution in [2.45, 2.75) is 25.1 Å². The first-order valence-electron chi connectivity index (χ1n) is 9.35. The summed E-state index contributed by atoms with van der Waals surface area (Å²) < 4.78 is 25.0. The fourth-order valence-electron chi connectivity index (χ4n) is 3.85. The largest absolute Gasteiger partial charge is 0.486 e. The Morgan fingerprint density at radius 1 is 1.12 bits per heavy atom. The number of hydrogen-bond acceptors (Lipinski definition) is 5. The first kappa shape index (κ1) is 17.4. The van der Waals surface area contributed by atoms with Gasteiger partial charge in [-0.1, -0.05) is 6.08 Å². The van der Waals surface area contributed by atoms with E-state index in [1.165, 1.54) is 12.1 Å². The van der Waals surface area contributed by atoms with Gasteiger partial charge in [-0.05, 0) is 56.1 Å². The second kappa shape index (κ2) is 7.68. The minimum atomic E-state index is -0.298. The quantitative estimate of drug-likeness (QED) is 0.894. The molecular formula is C20H26FN3O2. The zero-order valence-corrected chi connectivity index (χ0v) is 14.9. The number of benzene rings is 1. The molecule has 6 heteroatoms. The van der Waals surface area contributed by atoms with Gasteiger partial charge in [0, 0.05) is 25.4 Å². The molecule has 1 saturated heterocycles. The van der Waals surface area contributed by atoms with Gasteiger partial charge in [0.25, 0.3) is 0 Å². The zero-order valence-electron chi connectivity index (χ0n) is 14.9. The van der Waals surface area contributed by atoms with E-state index >= 15 is 0 Å². The third kappa shape index (κ3) is 4.02. The van der Waals surface area contributed by atoms with Gasteiger partial charge in [-0.3, -0.25) is 4.90 Å². The van der Waals surface area contributed by atoms with Crippen LogP contribution in [0.15, 0.2) is 42.6 Å². The SMILES string of the molecule is NC1C=CC=CN1CC1CCN(CC2COc3ccc(F)cc3O2)CC1. The van der Waals surface area contributed by atoms with Crippen molar-refractivity contribution in [2.75, 3.05) is 32.8 Å². The van der Waals surface area contributed by atoms with Crippen LogP contribution in [-0.4, -0.2) is 54.9 Å². The highest BCUT2D eigenvalue weighted by Crippen LogP contribution is 2.32. The summed E-state index contributed by atoms with van der Waals surface area (Å²) in [4.78, 5) is 4.63. The number of likely N-dealkylation sites (tertiary alicyclic amines) is 1. The molecule has 0 amide bonds.